The van der Waals surface area contributed by atoms with Gasteiger partial charge in [0, 0.05) is 12.6 Å². The average Bonchev–Trinajstić information content (AvgIpc) is 2.92. The van der Waals surface area contributed by atoms with Gasteiger partial charge in [-0.1, -0.05) is 0 Å². The van der Waals surface area contributed by atoms with Gasteiger partial charge in [-0.2, -0.15) is 0 Å². The molecule has 1 aliphatic carbocycles. The van der Waals surface area contributed by atoms with Crippen molar-refractivity contribution in [1.29, 1.82) is 0 Å². The van der Waals surface area contributed by atoms with Gasteiger partial charge in [0.25, 0.3) is 0 Å². The van der Waals surface area contributed by atoms with Crippen molar-refractivity contribution in [3.63, 3.8) is 0 Å². The Hall–Kier alpha value is -0.610. The van der Waals surface area contributed by atoms with Crippen LogP contribution in [0.2, 0.25) is 0 Å². The SMILES string of the molecule is CC(C(=O)NC1CC1)N1CCC(CN)C1. The van der Waals surface area contributed by atoms with Crippen molar-refractivity contribution < 1.29 is 4.79 Å². The van der Waals surface area contributed by atoms with Crippen LogP contribution < -0.4 is 11.1 Å². The van der Waals surface area contributed by atoms with Crippen molar-refractivity contribution >= 4 is 5.91 Å². The topological polar surface area (TPSA) is 58.4 Å². The fourth-order valence-electron chi connectivity index (χ4n) is 2.12. The van der Waals surface area contributed by atoms with Crippen LogP contribution in [0.25, 0.3) is 0 Å². The molecule has 2 fully saturated rings. The molecule has 1 amide bonds. The number of amides is 1. The smallest absolute Gasteiger partial charge is 0.237 e. The molecule has 0 aromatic carbocycles. The third kappa shape index (κ3) is 2.69. The molecule has 1 saturated heterocycles. The predicted molar refractivity (Wildman–Crippen MR) is 59.4 cm³/mol. The van der Waals surface area contributed by atoms with E-state index in [2.05, 4.69) is 10.2 Å². The highest BCUT2D eigenvalue weighted by atomic mass is 16.2. The van der Waals surface area contributed by atoms with Crippen molar-refractivity contribution in [3.8, 4) is 0 Å². The number of carbonyl (C=O) groups is 1. The fourth-order valence-corrected chi connectivity index (χ4v) is 2.12. The second-order valence-corrected chi connectivity index (χ2v) is 4.84. The summed E-state index contributed by atoms with van der Waals surface area (Å²) in [5, 5.41) is 3.05. The fraction of sp³-hybridized carbons (Fsp3) is 0.909. The molecule has 0 aromatic heterocycles. The molecule has 2 aliphatic rings. The van der Waals surface area contributed by atoms with Gasteiger partial charge in [0.2, 0.25) is 5.91 Å². The van der Waals surface area contributed by atoms with Crippen LogP contribution in [-0.2, 0) is 4.79 Å². The molecule has 1 saturated carbocycles. The molecular weight excluding hydrogens is 190 g/mol. The zero-order valence-corrected chi connectivity index (χ0v) is 9.41. The molecular formula is C11H21N3O. The largest absolute Gasteiger partial charge is 0.352 e. The molecule has 0 aromatic rings. The maximum absolute atomic E-state index is 11.8. The number of nitrogens with zero attached hydrogens (tertiary/aromatic N) is 1. The Morgan fingerprint density at radius 3 is 2.80 bits per heavy atom. The van der Waals surface area contributed by atoms with Crippen LogP contribution in [0, 0.1) is 5.92 Å². The standard InChI is InChI=1S/C11H21N3O/c1-8(11(15)13-10-2-3-10)14-5-4-9(6-12)7-14/h8-10H,2-7,12H2,1H3,(H,13,15). The summed E-state index contributed by atoms with van der Waals surface area (Å²) >= 11 is 0. The zero-order chi connectivity index (χ0) is 10.8. The van der Waals surface area contributed by atoms with E-state index in [4.69, 9.17) is 5.73 Å². The van der Waals surface area contributed by atoms with Gasteiger partial charge in [0.1, 0.15) is 0 Å². The lowest BCUT2D eigenvalue weighted by atomic mass is 10.1. The first-order valence-corrected chi connectivity index (χ1v) is 5.95. The minimum Gasteiger partial charge on any atom is -0.352 e. The number of nitrogens with one attached hydrogen (secondary N) is 1. The molecule has 1 aliphatic heterocycles. The van der Waals surface area contributed by atoms with Crippen LogP contribution in [0.15, 0.2) is 0 Å². The molecule has 2 atom stereocenters. The Kier molecular flexibility index (Phi) is 3.26. The van der Waals surface area contributed by atoms with E-state index in [1.807, 2.05) is 6.92 Å². The van der Waals surface area contributed by atoms with E-state index in [9.17, 15) is 4.79 Å². The second-order valence-electron chi connectivity index (χ2n) is 4.84. The molecule has 4 nitrogen and oxygen atoms in total. The summed E-state index contributed by atoms with van der Waals surface area (Å²) in [6.45, 7) is 4.74. The van der Waals surface area contributed by atoms with Gasteiger partial charge in [0.05, 0.1) is 6.04 Å². The van der Waals surface area contributed by atoms with Gasteiger partial charge < -0.3 is 11.1 Å². The Morgan fingerprint density at radius 2 is 2.27 bits per heavy atom. The van der Waals surface area contributed by atoms with Crippen LogP contribution in [0.1, 0.15) is 26.2 Å². The van der Waals surface area contributed by atoms with E-state index in [0.717, 1.165) is 38.9 Å². The average molecular weight is 211 g/mol. The van der Waals surface area contributed by atoms with Gasteiger partial charge in [-0.3, -0.25) is 9.69 Å². The molecule has 0 bridgehead atoms. The molecule has 0 radical (unpaired) electrons. The minimum atomic E-state index is 0.0159. The van der Waals surface area contributed by atoms with Crippen LogP contribution in [0.5, 0.6) is 0 Å². The summed E-state index contributed by atoms with van der Waals surface area (Å²) in [6.07, 6.45) is 3.45. The number of likely N-dealkylation sites (tertiary alicyclic amines) is 1. The van der Waals surface area contributed by atoms with Gasteiger partial charge in [-0.15, -0.1) is 0 Å². The van der Waals surface area contributed by atoms with Crippen molar-refractivity contribution in [2.24, 2.45) is 11.7 Å². The molecule has 3 N–H and O–H groups in total. The summed E-state index contributed by atoms with van der Waals surface area (Å²) in [4.78, 5) is 14.0. The van der Waals surface area contributed by atoms with Gasteiger partial charge in [-0.05, 0) is 45.2 Å². The first-order chi connectivity index (χ1) is 7.20. The van der Waals surface area contributed by atoms with E-state index in [0.29, 0.717) is 12.0 Å². The number of nitrogens with two attached hydrogens (primary N) is 1. The van der Waals surface area contributed by atoms with E-state index >= 15 is 0 Å². The molecule has 4 heteroatoms. The van der Waals surface area contributed by atoms with E-state index in [1.54, 1.807) is 0 Å². The third-order valence-electron chi connectivity index (χ3n) is 3.50. The number of carbonyl (C=O) groups excluding carboxylic acids is 1. The van der Waals surface area contributed by atoms with Crippen LogP contribution in [-0.4, -0.2) is 42.5 Å². The Labute approximate surface area is 91.2 Å². The summed E-state index contributed by atoms with van der Waals surface area (Å²) < 4.78 is 0. The minimum absolute atomic E-state index is 0.0159. The molecule has 0 spiro atoms. The first kappa shape index (κ1) is 10.9. The van der Waals surface area contributed by atoms with Gasteiger partial charge >= 0.3 is 0 Å². The molecule has 1 heterocycles. The Balaban J connectivity index is 1.79. The third-order valence-corrected chi connectivity index (χ3v) is 3.50. The molecule has 15 heavy (non-hydrogen) atoms. The number of rotatable bonds is 4. The Morgan fingerprint density at radius 1 is 1.53 bits per heavy atom. The summed E-state index contributed by atoms with van der Waals surface area (Å²) in [6, 6.07) is 0.481. The maximum Gasteiger partial charge on any atom is 0.237 e. The molecule has 86 valence electrons. The van der Waals surface area contributed by atoms with E-state index in [1.165, 1.54) is 0 Å². The van der Waals surface area contributed by atoms with E-state index < -0.39 is 0 Å². The van der Waals surface area contributed by atoms with Gasteiger partial charge in [0.15, 0.2) is 0 Å². The maximum atomic E-state index is 11.8. The lowest BCUT2D eigenvalue weighted by Gasteiger charge is -2.23. The Bertz CT molecular complexity index is 240. The van der Waals surface area contributed by atoms with Crippen LogP contribution in [0.3, 0.4) is 0 Å². The van der Waals surface area contributed by atoms with Crippen molar-refractivity contribution in [1.82, 2.24) is 10.2 Å². The van der Waals surface area contributed by atoms with Crippen LogP contribution in [0.4, 0.5) is 0 Å². The van der Waals surface area contributed by atoms with Crippen molar-refractivity contribution in [3.05, 3.63) is 0 Å². The van der Waals surface area contributed by atoms with E-state index in [-0.39, 0.29) is 11.9 Å². The van der Waals surface area contributed by atoms with Crippen molar-refractivity contribution in [2.75, 3.05) is 19.6 Å². The number of hydrogen-bond acceptors (Lipinski definition) is 3. The highest BCUT2D eigenvalue weighted by Crippen LogP contribution is 2.21. The van der Waals surface area contributed by atoms with Crippen molar-refractivity contribution in [2.45, 2.75) is 38.3 Å². The molecule has 2 unspecified atom stereocenters. The molecule has 2 rings (SSSR count). The highest BCUT2D eigenvalue weighted by Gasteiger charge is 2.31. The lowest BCUT2D eigenvalue weighted by molar-refractivity contribution is -0.125. The van der Waals surface area contributed by atoms with Gasteiger partial charge in [-0.25, -0.2) is 0 Å². The quantitative estimate of drug-likeness (QED) is 0.684. The number of hydrogen-bond donors (Lipinski definition) is 2. The second kappa shape index (κ2) is 4.49. The summed E-state index contributed by atoms with van der Waals surface area (Å²) in [5.41, 5.74) is 5.64. The monoisotopic (exact) mass is 211 g/mol. The lowest BCUT2D eigenvalue weighted by Crippen LogP contribution is -2.45. The normalized spacial score (nSPS) is 29.1. The van der Waals surface area contributed by atoms with Crippen LogP contribution >= 0.6 is 0 Å². The summed E-state index contributed by atoms with van der Waals surface area (Å²) in [5.74, 6) is 0.774. The first-order valence-electron chi connectivity index (χ1n) is 5.95. The summed E-state index contributed by atoms with van der Waals surface area (Å²) in [7, 11) is 0. The zero-order valence-electron chi connectivity index (χ0n) is 9.41. The highest BCUT2D eigenvalue weighted by molar-refractivity contribution is 5.81. The predicted octanol–water partition coefficient (Wildman–Crippen LogP) is -0.0659.